The molecule has 1 aliphatic rings. The Kier molecular flexibility index (Phi) is 4.33. The zero-order valence-electron chi connectivity index (χ0n) is 10.7. The molecule has 100 valence electrons. The van der Waals surface area contributed by atoms with Crippen molar-refractivity contribution < 1.29 is 9.84 Å². The van der Waals surface area contributed by atoms with E-state index < -0.39 is 0 Å². The number of nitrogen functional groups attached to an aromatic ring is 1. The fourth-order valence-corrected chi connectivity index (χ4v) is 2.34. The molecular weight excluding hydrogens is 232 g/mol. The van der Waals surface area contributed by atoms with Crippen LogP contribution in [0.2, 0.25) is 0 Å². The summed E-state index contributed by atoms with van der Waals surface area (Å²) < 4.78 is 5.03. The lowest BCUT2D eigenvalue weighted by molar-refractivity contribution is 0.178. The zero-order valence-corrected chi connectivity index (χ0v) is 10.7. The SMILES string of the molecule is COCc1nc(N)cc(N2CCCCC2CO)n1. The van der Waals surface area contributed by atoms with E-state index in [4.69, 9.17) is 10.5 Å². The Morgan fingerprint density at radius 3 is 3.06 bits per heavy atom. The number of aromatic nitrogens is 2. The standard InChI is InChI=1S/C12H20N4O2/c1-18-8-11-14-10(13)6-12(15-11)16-5-3-2-4-9(16)7-17/h6,9,17H,2-5,7-8H2,1H3,(H2,13,14,15). The largest absolute Gasteiger partial charge is 0.394 e. The Balaban J connectivity index is 2.24. The van der Waals surface area contributed by atoms with Crippen LogP contribution in [-0.2, 0) is 11.3 Å². The summed E-state index contributed by atoms with van der Waals surface area (Å²) in [6.07, 6.45) is 3.24. The van der Waals surface area contributed by atoms with Gasteiger partial charge in [-0.25, -0.2) is 9.97 Å². The fraction of sp³-hybridized carbons (Fsp3) is 0.667. The van der Waals surface area contributed by atoms with E-state index in [1.807, 2.05) is 0 Å². The van der Waals surface area contributed by atoms with Gasteiger partial charge in [0.2, 0.25) is 0 Å². The zero-order chi connectivity index (χ0) is 13.0. The van der Waals surface area contributed by atoms with E-state index in [9.17, 15) is 5.11 Å². The van der Waals surface area contributed by atoms with E-state index in [1.165, 1.54) is 0 Å². The van der Waals surface area contributed by atoms with Crippen LogP contribution in [0.1, 0.15) is 25.1 Å². The highest BCUT2D eigenvalue weighted by Gasteiger charge is 2.23. The first-order valence-corrected chi connectivity index (χ1v) is 6.24. The van der Waals surface area contributed by atoms with Gasteiger partial charge in [0, 0.05) is 19.7 Å². The number of hydrogen-bond donors (Lipinski definition) is 2. The highest BCUT2D eigenvalue weighted by Crippen LogP contribution is 2.24. The van der Waals surface area contributed by atoms with Crippen LogP contribution in [0.15, 0.2) is 6.07 Å². The Labute approximate surface area is 107 Å². The van der Waals surface area contributed by atoms with Crippen molar-refractivity contribution in [1.82, 2.24) is 9.97 Å². The minimum atomic E-state index is 0.128. The molecule has 0 saturated carbocycles. The van der Waals surface area contributed by atoms with Gasteiger partial charge >= 0.3 is 0 Å². The van der Waals surface area contributed by atoms with Gasteiger partial charge in [0.1, 0.15) is 18.2 Å². The number of methoxy groups -OCH3 is 1. The third kappa shape index (κ3) is 2.88. The van der Waals surface area contributed by atoms with E-state index >= 15 is 0 Å². The van der Waals surface area contributed by atoms with Crippen molar-refractivity contribution in [2.45, 2.75) is 31.9 Å². The van der Waals surface area contributed by atoms with Crippen LogP contribution < -0.4 is 10.6 Å². The number of ether oxygens (including phenoxy) is 1. The summed E-state index contributed by atoms with van der Waals surface area (Å²) >= 11 is 0. The molecule has 1 unspecified atom stereocenters. The monoisotopic (exact) mass is 252 g/mol. The molecule has 0 spiro atoms. The van der Waals surface area contributed by atoms with E-state index in [0.717, 1.165) is 31.6 Å². The van der Waals surface area contributed by atoms with Crippen molar-refractivity contribution >= 4 is 11.6 Å². The first-order valence-electron chi connectivity index (χ1n) is 6.24. The lowest BCUT2D eigenvalue weighted by atomic mass is 10.0. The molecule has 0 aliphatic carbocycles. The van der Waals surface area contributed by atoms with Gasteiger partial charge in [-0.1, -0.05) is 0 Å². The minimum Gasteiger partial charge on any atom is -0.394 e. The maximum Gasteiger partial charge on any atom is 0.158 e. The number of piperidine rings is 1. The molecule has 1 aromatic heterocycles. The van der Waals surface area contributed by atoms with Crippen molar-refractivity contribution in [1.29, 1.82) is 0 Å². The normalized spacial score (nSPS) is 20.1. The summed E-state index contributed by atoms with van der Waals surface area (Å²) in [5, 5.41) is 9.42. The fourth-order valence-electron chi connectivity index (χ4n) is 2.34. The van der Waals surface area contributed by atoms with Crippen LogP contribution in [-0.4, -0.2) is 41.4 Å². The molecular formula is C12H20N4O2. The molecule has 2 rings (SSSR count). The molecule has 0 amide bonds. The van der Waals surface area contributed by atoms with Gasteiger partial charge < -0.3 is 20.5 Å². The predicted octanol–water partition coefficient (Wildman–Crippen LogP) is 0.556. The third-order valence-corrected chi connectivity index (χ3v) is 3.18. The van der Waals surface area contributed by atoms with Crippen molar-refractivity contribution in [3.05, 3.63) is 11.9 Å². The molecule has 18 heavy (non-hydrogen) atoms. The number of nitrogens with zero attached hydrogens (tertiary/aromatic N) is 3. The van der Waals surface area contributed by atoms with E-state index in [0.29, 0.717) is 18.2 Å². The summed E-state index contributed by atoms with van der Waals surface area (Å²) in [5.41, 5.74) is 5.79. The number of anilines is 2. The molecule has 6 heteroatoms. The lowest BCUT2D eigenvalue weighted by Gasteiger charge is -2.35. The Morgan fingerprint density at radius 2 is 2.33 bits per heavy atom. The van der Waals surface area contributed by atoms with Gasteiger partial charge in [-0.15, -0.1) is 0 Å². The Bertz CT molecular complexity index is 400. The van der Waals surface area contributed by atoms with E-state index in [2.05, 4.69) is 14.9 Å². The summed E-state index contributed by atoms with van der Waals surface area (Å²) in [5.74, 6) is 1.80. The molecule has 0 radical (unpaired) electrons. The molecule has 0 bridgehead atoms. The average molecular weight is 252 g/mol. The van der Waals surface area contributed by atoms with Gasteiger partial charge in [0.15, 0.2) is 5.82 Å². The second-order valence-corrected chi connectivity index (χ2v) is 4.53. The summed E-state index contributed by atoms with van der Waals surface area (Å²) in [7, 11) is 1.60. The molecule has 1 aromatic rings. The predicted molar refractivity (Wildman–Crippen MR) is 69.2 cm³/mol. The van der Waals surface area contributed by atoms with Crippen molar-refractivity contribution in [2.24, 2.45) is 0 Å². The van der Waals surface area contributed by atoms with Crippen LogP contribution in [0.5, 0.6) is 0 Å². The van der Waals surface area contributed by atoms with Gasteiger partial charge in [-0.2, -0.15) is 0 Å². The summed E-state index contributed by atoms with van der Waals surface area (Å²) in [4.78, 5) is 10.7. The topological polar surface area (TPSA) is 84.5 Å². The van der Waals surface area contributed by atoms with Gasteiger partial charge in [-0.05, 0) is 19.3 Å². The molecule has 1 saturated heterocycles. The first-order chi connectivity index (χ1) is 8.74. The first kappa shape index (κ1) is 13.0. The highest BCUT2D eigenvalue weighted by molar-refractivity contribution is 5.48. The molecule has 6 nitrogen and oxygen atoms in total. The molecule has 1 atom stereocenters. The third-order valence-electron chi connectivity index (χ3n) is 3.18. The molecule has 1 fully saturated rings. The summed E-state index contributed by atoms with van der Waals surface area (Å²) in [6, 6.07) is 1.89. The Hall–Kier alpha value is -1.40. The maximum atomic E-state index is 9.42. The minimum absolute atomic E-state index is 0.128. The quantitative estimate of drug-likeness (QED) is 0.814. The van der Waals surface area contributed by atoms with Gasteiger partial charge in [-0.3, -0.25) is 0 Å². The van der Waals surface area contributed by atoms with E-state index in [1.54, 1.807) is 13.2 Å². The van der Waals surface area contributed by atoms with Crippen LogP contribution >= 0.6 is 0 Å². The van der Waals surface area contributed by atoms with Crippen molar-refractivity contribution in [3.63, 3.8) is 0 Å². The van der Waals surface area contributed by atoms with Crippen LogP contribution in [0, 0.1) is 0 Å². The smallest absolute Gasteiger partial charge is 0.158 e. The number of rotatable bonds is 4. The number of nitrogens with two attached hydrogens (primary N) is 1. The van der Waals surface area contributed by atoms with Crippen LogP contribution in [0.4, 0.5) is 11.6 Å². The second kappa shape index (κ2) is 5.97. The highest BCUT2D eigenvalue weighted by atomic mass is 16.5. The van der Waals surface area contributed by atoms with Crippen LogP contribution in [0.25, 0.3) is 0 Å². The van der Waals surface area contributed by atoms with Crippen molar-refractivity contribution in [3.8, 4) is 0 Å². The lowest BCUT2D eigenvalue weighted by Crippen LogP contribution is -2.42. The summed E-state index contributed by atoms with van der Waals surface area (Å²) in [6.45, 7) is 1.38. The number of hydrogen-bond acceptors (Lipinski definition) is 6. The Morgan fingerprint density at radius 1 is 1.50 bits per heavy atom. The maximum absolute atomic E-state index is 9.42. The van der Waals surface area contributed by atoms with E-state index in [-0.39, 0.29) is 12.6 Å². The number of aliphatic hydroxyl groups excluding tert-OH is 1. The molecule has 3 N–H and O–H groups in total. The van der Waals surface area contributed by atoms with Crippen molar-refractivity contribution in [2.75, 3.05) is 30.9 Å². The number of aliphatic hydroxyl groups is 1. The molecule has 0 aromatic carbocycles. The average Bonchev–Trinajstić information content (AvgIpc) is 2.38. The van der Waals surface area contributed by atoms with Crippen LogP contribution in [0.3, 0.4) is 0 Å². The van der Waals surface area contributed by atoms with Gasteiger partial charge in [0.25, 0.3) is 0 Å². The van der Waals surface area contributed by atoms with Gasteiger partial charge in [0.05, 0.1) is 12.6 Å². The molecule has 2 heterocycles. The second-order valence-electron chi connectivity index (χ2n) is 4.53. The molecule has 1 aliphatic heterocycles.